The van der Waals surface area contributed by atoms with Crippen LogP contribution in [0.5, 0.6) is 0 Å². The molecule has 0 amide bonds. The molecule has 0 fully saturated rings. The molecule has 2 aromatic heterocycles. The molecule has 4 rings (SSSR count). The van der Waals surface area contributed by atoms with E-state index in [1.54, 1.807) is 6.20 Å². The predicted octanol–water partition coefficient (Wildman–Crippen LogP) is 5.68. The van der Waals surface area contributed by atoms with Crippen LogP contribution in [0.1, 0.15) is 11.1 Å². The quantitative estimate of drug-likeness (QED) is 0.465. The van der Waals surface area contributed by atoms with Gasteiger partial charge in [0, 0.05) is 18.6 Å². The Morgan fingerprint density at radius 1 is 0.880 bits per heavy atom. The highest BCUT2D eigenvalue weighted by Crippen LogP contribution is 2.30. The standard InChI is InChI=1S/C22H19ClN2/c1-25-21(15-19-20(23)12-13-24-22(19)25)18-9-5-8-17(14-18)11-10-16-6-3-2-4-7-16/h2-9,12-15H,10-11H2,1H3. The summed E-state index contributed by atoms with van der Waals surface area (Å²) < 4.78 is 2.11. The Morgan fingerprint density at radius 3 is 2.44 bits per heavy atom. The van der Waals surface area contributed by atoms with Crippen LogP contribution in [-0.4, -0.2) is 9.55 Å². The molecule has 0 spiro atoms. The minimum absolute atomic E-state index is 0.743. The van der Waals surface area contributed by atoms with Crippen molar-refractivity contribution in [2.24, 2.45) is 7.05 Å². The second kappa shape index (κ2) is 6.73. The molecule has 2 nitrogen and oxygen atoms in total. The lowest BCUT2D eigenvalue weighted by atomic mass is 10.0. The molecule has 0 saturated heterocycles. The number of rotatable bonds is 4. The molecule has 0 unspecified atom stereocenters. The van der Waals surface area contributed by atoms with Crippen molar-refractivity contribution in [3.8, 4) is 11.3 Å². The second-order valence-corrected chi connectivity index (χ2v) is 6.71. The van der Waals surface area contributed by atoms with Crippen molar-refractivity contribution in [1.29, 1.82) is 0 Å². The summed E-state index contributed by atoms with van der Waals surface area (Å²) in [4.78, 5) is 4.46. The first-order chi connectivity index (χ1) is 12.2. The van der Waals surface area contributed by atoms with Crippen LogP contribution in [0.25, 0.3) is 22.3 Å². The van der Waals surface area contributed by atoms with Crippen LogP contribution in [0.15, 0.2) is 72.9 Å². The first-order valence-corrected chi connectivity index (χ1v) is 8.83. The zero-order chi connectivity index (χ0) is 17.2. The molecule has 0 aliphatic heterocycles. The second-order valence-electron chi connectivity index (χ2n) is 6.30. The molecule has 0 aliphatic rings. The van der Waals surface area contributed by atoms with Crippen molar-refractivity contribution in [3.05, 3.63) is 89.1 Å². The third-order valence-electron chi connectivity index (χ3n) is 4.64. The number of halogens is 1. The lowest BCUT2D eigenvalue weighted by molar-refractivity contribution is 0.948. The zero-order valence-electron chi connectivity index (χ0n) is 14.1. The summed E-state index contributed by atoms with van der Waals surface area (Å²) in [6.07, 6.45) is 3.83. The van der Waals surface area contributed by atoms with E-state index >= 15 is 0 Å². The zero-order valence-corrected chi connectivity index (χ0v) is 14.9. The molecule has 2 aromatic carbocycles. The number of benzene rings is 2. The van der Waals surface area contributed by atoms with Crippen molar-refractivity contribution >= 4 is 22.6 Å². The lowest BCUT2D eigenvalue weighted by Gasteiger charge is -2.07. The molecule has 0 aliphatic carbocycles. The van der Waals surface area contributed by atoms with E-state index in [-0.39, 0.29) is 0 Å². The number of aryl methyl sites for hydroxylation is 3. The Balaban J connectivity index is 1.65. The van der Waals surface area contributed by atoms with Crippen molar-refractivity contribution < 1.29 is 0 Å². The normalized spacial score (nSPS) is 11.1. The average Bonchev–Trinajstić information content (AvgIpc) is 3.00. The van der Waals surface area contributed by atoms with E-state index in [9.17, 15) is 0 Å². The van der Waals surface area contributed by atoms with Crippen molar-refractivity contribution in [2.75, 3.05) is 0 Å². The summed E-state index contributed by atoms with van der Waals surface area (Å²) in [6, 6.07) is 23.3. The van der Waals surface area contributed by atoms with Gasteiger partial charge in [-0.2, -0.15) is 0 Å². The van der Waals surface area contributed by atoms with E-state index in [2.05, 4.69) is 70.2 Å². The summed E-state index contributed by atoms with van der Waals surface area (Å²) in [7, 11) is 2.04. The fourth-order valence-electron chi connectivity index (χ4n) is 3.28. The third-order valence-corrected chi connectivity index (χ3v) is 4.97. The fourth-order valence-corrected chi connectivity index (χ4v) is 3.48. The Bertz CT molecular complexity index is 1020. The van der Waals surface area contributed by atoms with Crippen LogP contribution in [0.2, 0.25) is 5.02 Å². The van der Waals surface area contributed by atoms with Gasteiger partial charge in [0.2, 0.25) is 0 Å². The Labute approximate surface area is 152 Å². The molecule has 0 bridgehead atoms. The van der Waals surface area contributed by atoms with Gasteiger partial charge in [-0.25, -0.2) is 4.98 Å². The summed E-state index contributed by atoms with van der Waals surface area (Å²) in [5.41, 5.74) is 5.95. The topological polar surface area (TPSA) is 17.8 Å². The molecular weight excluding hydrogens is 328 g/mol. The molecule has 124 valence electrons. The molecule has 0 atom stereocenters. The minimum atomic E-state index is 0.743. The summed E-state index contributed by atoms with van der Waals surface area (Å²) in [5, 5.41) is 1.74. The Kier molecular flexibility index (Phi) is 4.29. The van der Waals surface area contributed by atoms with Crippen molar-refractivity contribution in [1.82, 2.24) is 9.55 Å². The van der Waals surface area contributed by atoms with Crippen LogP contribution in [0.3, 0.4) is 0 Å². The smallest absolute Gasteiger partial charge is 0.141 e. The van der Waals surface area contributed by atoms with E-state index in [1.807, 2.05) is 13.1 Å². The third kappa shape index (κ3) is 3.18. The van der Waals surface area contributed by atoms with Gasteiger partial charge in [0.05, 0.1) is 10.7 Å². The van der Waals surface area contributed by atoms with Gasteiger partial charge < -0.3 is 4.57 Å². The average molecular weight is 347 g/mol. The minimum Gasteiger partial charge on any atom is -0.328 e. The summed E-state index contributed by atoms with van der Waals surface area (Å²) in [5.74, 6) is 0. The lowest BCUT2D eigenvalue weighted by Crippen LogP contribution is -1.95. The molecule has 0 radical (unpaired) electrons. The maximum Gasteiger partial charge on any atom is 0.141 e. The number of aromatic nitrogens is 2. The number of nitrogens with zero attached hydrogens (tertiary/aromatic N) is 2. The van der Waals surface area contributed by atoms with Gasteiger partial charge in [-0.3, -0.25) is 0 Å². The van der Waals surface area contributed by atoms with Crippen LogP contribution < -0.4 is 0 Å². The first kappa shape index (κ1) is 15.9. The molecular formula is C22H19ClN2. The van der Waals surface area contributed by atoms with E-state index in [0.717, 1.165) is 34.6 Å². The monoisotopic (exact) mass is 346 g/mol. The molecule has 3 heteroatoms. The Morgan fingerprint density at radius 2 is 1.64 bits per heavy atom. The van der Waals surface area contributed by atoms with Gasteiger partial charge in [-0.05, 0) is 47.7 Å². The van der Waals surface area contributed by atoms with Crippen molar-refractivity contribution in [2.45, 2.75) is 12.8 Å². The fraction of sp³-hybridized carbons (Fsp3) is 0.136. The van der Waals surface area contributed by atoms with Crippen LogP contribution in [0, 0.1) is 0 Å². The highest BCUT2D eigenvalue weighted by molar-refractivity contribution is 6.35. The summed E-state index contributed by atoms with van der Waals surface area (Å²) >= 11 is 6.33. The highest BCUT2D eigenvalue weighted by Gasteiger charge is 2.11. The molecule has 4 aromatic rings. The van der Waals surface area contributed by atoms with E-state index in [4.69, 9.17) is 11.6 Å². The van der Waals surface area contributed by atoms with Crippen LogP contribution >= 0.6 is 11.6 Å². The van der Waals surface area contributed by atoms with E-state index < -0.39 is 0 Å². The van der Waals surface area contributed by atoms with Crippen LogP contribution in [0.4, 0.5) is 0 Å². The Hall–Kier alpha value is -2.58. The molecule has 0 N–H and O–H groups in total. The van der Waals surface area contributed by atoms with Gasteiger partial charge in [0.25, 0.3) is 0 Å². The maximum atomic E-state index is 6.33. The number of pyridine rings is 1. The molecule has 25 heavy (non-hydrogen) atoms. The number of hydrogen-bond donors (Lipinski definition) is 0. The van der Waals surface area contributed by atoms with Crippen molar-refractivity contribution in [3.63, 3.8) is 0 Å². The largest absolute Gasteiger partial charge is 0.328 e. The van der Waals surface area contributed by atoms with E-state index in [0.29, 0.717) is 0 Å². The van der Waals surface area contributed by atoms with Gasteiger partial charge >= 0.3 is 0 Å². The first-order valence-electron chi connectivity index (χ1n) is 8.45. The summed E-state index contributed by atoms with van der Waals surface area (Å²) in [6.45, 7) is 0. The van der Waals surface area contributed by atoms with Gasteiger partial charge in [0.15, 0.2) is 0 Å². The highest BCUT2D eigenvalue weighted by atomic mass is 35.5. The predicted molar refractivity (Wildman–Crippen MR) is 105 cm³/mol. The maximum absolute atomic E-state index is 6.33. The van der Waals surface area contributed by atoms with Gasteiger partial charge in [-0.1, -0.05) is 60.1 Å². The van der Waals surface area contributed by atoms with Crippen LogP contribution in [-0.2, 0) is 19.9 Å². The van der Waals surface area contributed by atoms with Gasteiger partial charge in [0.1, 0.15) is 5.65 Å². The van der Waals surface area contributed by atoms with Gasteiger partial charge in [-0.15, -0.1) is 0 Å². The number of hydrogen-bond acceptors (Lipinski definition) is 1. The SMILES string of the molecule is Cn1c(-c2cccc(CCc3ccccc3)c2)cc2c(Cl)ccnc21. The van der Waals surface area contributed by atoms with E-state index in [1.165, 1.54) is 16.7 Å². The molecule has 2 heterocycles. The molecule has 0 saturated carbocycles. The number of fused-ring (bicyclic) bond motifs is 1.